The van der Waals surface area contributed by atoms with Crippen LogP contribution in [0.2, 0.25) is 5.02 Å². The van der Waals surface area contributed by atoms with Crippen molar-refractivity contribution in [2.75, 3.05) is 10.6 Å². The topological polar surface area (TPSA) is 77.8 Å². The van der Waals surface area contributed by atoms with Crippen molar-refractivity contribution >= 4 is 28.9 Å². The first-order chi connectivity index (χ1) is 12.7. The summed E-state index contributed by atoms with van der Waals surface area (Å²) in [4.78, 5) is 16.5. The summed E-state index contributed by atoms with van der Waals surface area (Å²) in [5.74, 6) is -0.346. The number of rotatable bonds is 5. The van der Waals surface area contributed by atoms with Crippen LogP contribution in [0, 0.1) is 11.3 Å². The Kier molecular flexibility index (Phi) is 5.47. The van der Waals surface area contributed by atoms with E-state index < -0.39 is 0 Å². The van der Waals surface area contributed by atoms with Crippen LogP contribution in [0.15, 0.2) is 66.9 Å². The zero-order valence-corrected chi connectivity index (χ0v) is 14.5. The molecule has 3 rings (SSSR count). The number of hydrogen-bond donors (Lipinski definition) is 2. The molecule has 1 aromatic heterocycles. The van der Waals surface area contributed by atoms with Gasteiger partial charge in [-0.1, -0.05) is 35.9 Å². The van der Waals surface area contributed by atoms with Gasteiger partial charge in [-0.2, -0.15) is 5.26 Å². The lowest BCUT2D eigenvalue weighted by molar-refractivity contribution is 0.102. The Balaban J connectivity index is 1.69. The molecular formula is C20H15ClN4O. The molecule has 3 aromatic rings. The van der Waals surface area contributed by atoms with Gasteiger partial charge in [0.1, 0.15) is 5.69 Å². The molecule has 1 heterocycles. The van der Waals surface area contributed by atoms with E-state index in [0.29, 0.717) is 22.8 Å². The van der Waals surface area contributed by atoms with Gasteiger partial charge >= 0.3 is 0 Å². The highest BCUT2D eigenvalue weighted by molar-refractivity contribution is 6.31. The fourth-order valence-electron chi connectivity index (χ4n) is 2.37. The molecule has 128 valence electrons. The van der Waals surface area contributed by atoms with Crippen LogP contribution in [0.5, 0.6) is 0 Å². The van der Waals surface area contributed by atoms with E-state index in [-0.39, 0.29) is 11.6 Å². The molecule has 2 aromatic carbocycles. The van der Waals surface area contributed by atoms with E-state index in [0.717, 1.165) is 11.3 Å². The third kappa shape index (κ3) is 4.38. The van der Waals surface area contributed by atoms with Crippen molar-refractivity contribution in [3.05, 3.63) is 88.7 Å². The number of hydrogen-bond acceptors (Lipinski definition) is 4. The second-order valence-electron chi connectivity index (χ2n) is 5.52. The Labute approximate surface area is 156 Å². The molecule has 26 heavy (non-hydrogen) atoms. The van der Waals surface area contributed by atoms with Gasteiger partial charge in [0, 0.05) is 29.1 Å². The van der Waals surface area contributed by atoms with Gasteiger partial charge in [0.2, 0.25) is 0 Å². The van der Waals surface area contributed by atoms with Gasteiger partial charge in [0.15, 0.2) is 0 Å². The predicted molar refractivity (Wildman–Crippen MR) is 102 cm³/mol. The Morgan fingerprint density at radius 3 is 2.73 bits per heavy atom. The van der Waals surface area contributed by atoms with Crippen LogP contribution in [0.3, 0.4) is 0 Å². The van der Waals surface area contributed by atoms with Crippen LogP contribution >= 0.6 is 11.6 Å². The van der Waals surface area contributed by atoms with Crippen molar-refractivity contribution < 1.29 is 4.79 Å². The maximum absolute atomic E-state index is 12.4. The van der Waals surface area contributed by atoms with Crippen LogP contribution in [0.25, 0.3) is 0 Å². The number of halogens is 1. The number of carbonyl (C=O) groups is 1. The predicted octanol–water partition coefficient (Wildman–Crippen LogP) is 4.47. The molecule has 0 unspecified atom stereocenters. The smallest absolute Gasteiger partial charge is 0.274 e. The normalized spacial score (nSPS) is 10.0. The number of nitriles is 1. The average molecular weight is 363 g/mol. The Morgan fingerprint density at radius 2 is 1.92 bits per heavy atom. The number of pyridine rings is 1. The molecule has 5 nitrogen and oxygen atoms in total. The summed E-state index contributed by atoms with van der Waals surface area (Å²) < 4.78 is 0. The minimum absolute atomic E-state index is 0.275. The lowest BCUT2D eigenvalue weighted by Gasteiger charge is -2.10. The molecule has 0 fully saturated rings. The van der Waals surface area contributed by atoms with E-state index in [1.165, 1.54) is 0 Å². The number of aromatic nitrogens is 1. The van der Waals surface area contributed by atoms with Gasteiger partial charge in [0.25, 0.3) is 5.91 Å². The molecule has 2 N–H and O–H groups in total. The summed E-state index contributed by atoms with van der Waals surface area (Å²) in [6, 6.07) is 19.8. The standard InChI is InChI=1S/C20H15ClN4O/c21-18-7-2-1-5-15(18)13-24-16-8-9-23-19(11-16)20(26)25-17-6-3-4-14(10-17)12-22/h1-11H,13H2,(H,23,24)(H,25,26). The highest BCUT2D eigenvalue weighted by Crippen LogP contribution is 2.18. The molecule has 0 atom stereocenters. The molecule has 6 heteroatoms. The van der Waals surface area contributed by atoms with Gasteiger partial charge in [0.05, 0.1) is 11.6 Å². The largest absolute Gasteiger partial charge is 0.381 e. The van der Waals surface area contributed by atoms with E-state index in [4.69, 9.17) is 16.9 Å². The summed E-state index contributed by atoms with van der Waals surface area (Å²) in [6.07, 6.45) is 1.57. The lowest BCUT2D eigenvalue weighted by atomic mass is 10.2. The van der Waals surface area contributed by atoms with Crippen molar-refractivity contribution in [3.8, 4) is 6.07 Å². The summed E-state index contributed by atoms with van der Waals surface area (Å²) >= 11 is 6.15. The van der Waals surface area contributed by atoms with Gasteiger partial charge in [-0.25, -0.2) is 0 Å². The van der Waals surface area contributed by atoms with Crippen LogP contribution in [0.1, 0.15) is 21.6 Å². The fraction of sp³-hybridized carbons (Fsp3) is 0.0500. The average Bonchev–Trinajstić information content (AvgIpc) is 2.68. The zero-order valence-electron chi connectivity index (χ0n) is 13.7. The first kappa shape index (κ1) is 17.5. The maximum Gasteiger partial charge on any atom is 0.274 e. The minimum atomic E-state index is -0.346. The van der Waals surface area contributed by atoms with E-state index in [2.05, 4.69) is 15.6 Å². The second kappa shape index (κ2) is 8.15. The van der Waals surface area contributed by atoms with Crippen molar-refractivity contribution in [1.29, 1.82) is 5.26 Å². The van der Waals surface area contributed by atoms with Crippen LogP contribution in [0.4, 0.5) is 11.4 Å². The first-order valence-electron chi connectivity index (χ1n) is 7.90. The molecule has 0 radical (unpaired) electrons. The van der Waals surface area contributed by atoms with E-state index in [1.807, 2.05) is 30.3 Å². The van der Waals surface area contributed by atoms with Gasteiger partial charge in [-0.15, -0.1) is 0 Å². The number of anilines is 2. The van der Waals surface area contributed by atoms with E-state index >= 15 is 0 Å². The molecule has 0 aliphatic carbocycles. The van der Waals surface area contributed by atoms with Crippen LogP contribution < -0.4 is 10.6 Å². The molecule has 0 aliphatic rings. The van der Waals surface area contributed by atoms with Crippen LogP contribution in [-0.4, -0.2) is 10.9 Å². The Hall–Kier alpha value is -3.36. The Morgan fingerprint density at radius 1 is 1.08 bits per heavy atom. The van der Waals surface area contributed by atoms with E-state index in [1.54, 1.807) is 42.6 Å². The lowest BCUT2D eigenvalue weighted by Crippen LogP contribution is -2.14. The van der Waals surface area contributed by atoms with Crippen molar-refractivity contribution in [3.63, 3.8) is 0 Å². The minimum Gasteiger partial charge on any atom is -0.381 e. The van der Waals surface area contributed by atoms with Gasteiger partial charge < -0.3 is 10.6 Å². The van der Waals surface area contributed by atoms with Crippen molar-refractivity contribution in [1.82, 2.24) is 4.98 Å². The number of benzene rings is 2. The summed E-state index contributed by atoms with van der Waals surface area (Å²) in [6.45, 7) is 0.537. The summed E-state index contributed by atoms with van der Waals surface area (Å²) in [5.41, 5.74) is 3.02. The molecule has 0 aliphatic heterocycles. The Bertz CT molecular complexity index is 981. The number of amides is 1. The van der Waals surface area contributed by atoms with Crippen molar-refractivity contribution in [2.24, 2.45) is 0 Å². The molecule has 1 amide bonds. The third-order valence-corrected chi connectivity index (χ3v) is 4.05. The highest BCUT2D eigenvalue weighted by Gasteiger charge is 2.09. The van der Waals surface area contributed by atoms with Gasteiger partial charge in [-0.05, 0) is 42.0 Å². The van der Waals surface area contributed by atoms with Crippen LogP contribution in [-0.2, 0) is 6.54 Å². The summed E-state index contributed by atoms with van der Waals surface area (Å²) in [5, 5.41) is 15.6. The second-order valence-corrected chi connectivity index (χ2v) is 5.93. The zero-order chi connectivity index (χ0) is 18.4. The van der Waals surface area contributed by atoms with Crippen molar-refractivity contribution in [2.45, 2.75) is 6.54 Å². The van der Waals surface area contributed by atoms with Gasteiger partial charge in [-0.3, -0.25) is 9.78 Å². The fourth-order valence-corrected chi connectivity index (χ4v) is 2.57. The molecular weight excluding hydrogens is 348 g/mol. The molecule has 0 spiro atoms. The monoisotopic (exact) mass is 362 g/mol. The number of carbonyl (C=O) groups excluding carboxylic acids is 1. The molecule has 0 saturated heterocycles. The molecule has 0 bridgehead atoms. The quantitative estimate of drug-likeness (QED) is 0.701. The molecule has 0 saturated carbocycles. The first-order valence-corrected chi connectivity index (χ1v) is 8.28. The maximum atomic E-state index is 12.4. The SMILES string of the molecule is N#Cc1cccc(NC(=O)c2cc(NCc3ccccc3Cl)ccn2)c1. The highest BCUT2D eigenvalue weighted by atomic mass is 35.5. The number of nitrogens with one attached hydrogen (secondary N) is 2. The third-order valence-electron chi connectivity index (χ3n) is 3.68. The summed E-state index contributed by atoms with van der Waals surface area (Å²) in [7, 11) is 0. The number of nitrogens with zero attached hydrogens (tertiary/aromatic N) is 2. The van der Waals surface area contributed by atoms with E-state index in [9.17, 15) is 4.79 Å².